The molecule has 2 heterocycles. The first-order valence-electron chi connectivity index (χ1n) is 11.7. The molecule has 1 N–H and O–H groups in total. The number of esters is 1. The summed E-state index contributed by atoms with van der Waals surface area (Å²) < 4.78 is 12.1. The van der Waals surface area contributed by atoms with Crippen molar-refractivity contribution in [3.8, 4) is 11.1 Å². The normalized spacial score (nSPS) is 10.9. The second-order valence-electron chi connectivity index (χ2n) is 8.32. The molecule has 180 valence electrons. The van der Waals surface area contributed by atoms with Crippen LogP contribution in [0.25, 0.3) is 22.2 Å². The predicted molar refractivity (Wildman–Crippen MR) is 137 cm³/mol. The van der Waals surface area contributed by atoms with E-state index in [1.807, 2.05) is 34.9 Å². The second kappa shape index (κ2) is 10.3. The van der Waals surface area contributed by atoms with Crippen LogP contribution < -0.4 is 5.32 Å². The highest BCUT2D eigenvalue weighted by Gasteiger charge is 2.20. The van der Waals surface area contributed by atoms with E-state index in [9.17, 15) is 9.59 Å². The van der Waals surface area contributed by atoms with Crippen LogP contribution in [-0.2, 0) is 17.8 Å². The highest BCUT2D eigenvalue weighted by atomic mass is 16.5. The molecule has 7 nitrogen and oxygen atoms in total. The standard InChI is InChI=1S/C29H25N3O4/c1-2-36-29(34)24-12-13-25-26(16-24)32(27(31-25)28(33)30-17-21-14-15-35-19-21)18-20-8-10-23(11-9-20)22-6-4-3-5-7-22/h3-16,19H,2,17-18H2,1H3,(H,30,33). The van der Waals surface area contributed by atoms with E-state index in [0.717, 1.165) is 22.3 Å². The number of carbonyl (C=O) groups excluding carboxylic acids is 2. The molecule has 7 heteroatoms. The summed E-state index contributed by atoms with van der Waals surface area (Å²) >= 11 is 0. The van der Waals surface area contributed by atoms with Gasteiger partial charge in [-0.15, -0.1) is 0 Å². The Labute approximate surface area is 208 Å². The van der Waals surface area contributed by atoms with Crippen molar-refractivity contribution in [2.24, 2.45) is 0 Å². The van der Waals surface area contributed by atoms with E-state index >= 15 is 0 Å². The molecule has 0 saturated carbocycles. The third kappa shape index (κ3) is 4.90. The predicted octanol–water partition coefficient (Wildman–Crippen LogP) is 5.45. The van der Waals surface area contributed by atoms with Crippen LogP contribution in [-0.4, -0.2) is 28.0 Å². The number of furan rings is 1. The van der Waals surface area contributed by atoms with Gasteiger partial charge in [-0.05, 0) is 47.9 Å². The molecule has 36 heavy (non-hydrogen) atoms. The van der Waals surface area contributed by atoms with E-state index in [4.69, 9.17) is 9.15 Å². The van der Waals surface area contributed by atoms with E-state index in [1.54, 1.807) is 43.7 Å². The molecule has 1 amide bonds. The Hall–Kier alpha value is -4.65. The van der Waals surface area contributed by atoms with Crippen molar-refractivity contribution in [2.75, 3.05) is 6.61 Å². The van der Waals surface area contributed by atoms with Crippen molar-refractivity contribution < 1.29 is 18.7 Å². The van der Waals surface area contributed by atoms with Crippen molar-refractivity contribution in [1.82, 2.24) is 14.9 Å². The number of imidazole rings is 1. The first kappa shape index (κ1) is 23.1. The smallest absolute Gasteiger partial charge is 0.338 e. The number of amides is 1. The topological polar surface area (TPSA) is 86.4 Å². The summed E-state index contributed by atoms with van der Waals surface area (Å²) in [5.74, 6) is -0.460. The Morgan fingerprint density at radius 3 is 2.44 bits per heavy atom. The highest BCUT2D eigenvalue weighted by molar-refractivity contribution is 5.98. The molecular formula is C29H25N3O4. The summed E-state index contributed by atoms with van der Waals surface area (Å²) in [5.41, 5.74) is 5.81. The molecule has 0 radical (unpaired) electrons. The molecule has 3 aromatic carbocycles. The number of nitrogens with zero attached hydrogens (tertiary/aromatic N) is 2. The van der Waals surface area contributed by atoms with Crippen molar-refractivity contribution >= 4 is 22.9 Å². The molecule has 0 unspecified atom stereocenters. The maximum atomic E-state index is 13.2. The summed E-state index contributed by atoms with van der Waals surface area (Å²) in [5, 5.41) is 2.90. The molecule has 0 saturated heterocycles. The van der Waals surface area contributed by atoms with Gasteiger partial charge in [0.05, 0.1) is 35.7 Å². The Morgan fingerprint density at radius 1 is 0.944 bits per heavy atom. The summed E-state index contributed by atoms with van der Waals surface area (Å²) in [6.07, 6.45) is 3.15. The van der Waals surface area contributed by atoms with Crippen LogP contribution in [0.3, 0.4) is 0 Å². The van der Waals surface area contributed by atoms with Gasteiger partial charge in [-0.25, -0.2) is 9.78 Å². The Balaban J connectivity index is 1.49. The molecule has 0 fully saturated rings. The zero-order valence-electron chi connectivity index (χ0n) is 19.8. The van der Waals surface area contributed by atoms with Crippen molar-refractivity contribution in [1.29, 1.82) is 0 Å². The molecule has 0 aliphatic rings. The molecule has 0 bridgehead atoms. The number of ether oxygens (including phenoxy) is 1. The molecule has 0 atom stereocenters. The summed E-state index contributed by atoms with van der Waals surface area (Å²) in [7, 11) is 0. The SMILES string of the molecule is CCOC(=O)c1ccc2nc(C(=O)NCc3ccoc3)n(Cc3ccc(-c4ccccc4)cc3)c2c1. The number of carbonyl (C=O) groups is 2. The molecule has 2 aromatic heterocycles. The highest BCUT2D eigenvalue weighted by Crippen LogP contribution is 2.23. The average Bonchev–Trinajstić information content (AvgIpc) is 3.56. The van der Waals surface area contributed by atoms with Crippen molar-refractivity contribution in [3.05, 3.63) is 114 Å². The van der Waals surface area contributed by atoms with Crippen LogP contribution in [0.4, 0.5) is 0 Å². The molecule has 0 spiro atoms. The van der Waals surface area contributed by atoms with Gasteiger partial charge in [-0.2, -0.15) is 0 Å². The molecule has 5 rings (SSSR count). The van der Waals surface area contributed by atoms with Gasteiger partial charge in [0.15, 0.2) is 5.82 Å². The first-order valence-corrected chi connectivity index (χ1v) is 11.7. The number of hydrogen-bond donors (Lipinski definition) is 1. The Bertz CT molecular complexity index is 1490. The minimum atomic E-state index is -0.412. The fourth-order valence-electron chi connectivity index (χ4n) is 4.07. The van der Waals surface area contributed by atoms with Crippen molar-refractivity contribution in [2.45, 2.75) is 20.0 Å². The minimum absolute atomic E-state index is 0.265. The van der Waals surface area contributed by atoms with Gasteiger partial charge in [0, 0.05) is 18.7 Å². The summed E-state index contributed by atoms with van der Waals surface area (Å²) in [6, 6.07) is 25.3. The molecule has 0 aliphatic heterocycles. The maximum absolute atomic E-state index is 13.2. The zero-order valence-corrected chi connectivity index (χ0v) is 19.8. The third-order valence-corrected chi connectivity index (χ3v) is 5.90. The number of benzene rings is 3. The van der Waals surface area contributed by atoms with Gasteiger partial charge in [0.1, 0.15) is 0 Å². The van der Waals surface area contributed by atoms with Gasteiger partial charge in [-0.3, -0.25) is 4.79 Å². The number of nitrogens with one attached hydrogen (secondary N) is 1. The Morgan fingerprint density at radius 2 is 1.72 bits per heavy atom. The first-order chi connectivity index (χ1) is 17.6. The van der Waals surface area contributed by atoms with Crippen LogP contribution in [0.5, 0.6) is 0 Å². The lowest BCUT2D eigenvalue weighted by Crippen LogP contribution is -2.26. The van der Waals surface area contributed by atoms with E-state index < -0.39 is 5.97 Å². The second-order valence-corrected chi connectivity index (χ2v) is 8.32. The number of aromatic nitrogens is 2. The maximum Gasteiger partial charge on any atom is 0.338 e. The monoisotopic (exact) mass is 479 g/mol. The van der Waals surface area contributed by atoms with Gasteiger partial charge in [0.2, 0.25) is 0 Å². The van der Waals surface area contributed by atoms with Gasteiger partial charge in [0.25, 0.3) is 5.91 Å². The van der Waals surface area contributed by atoms with Crippen LogP contribution >= 0.6 is 0 Å². The van der Waals surface area contributed by atoms with Gasteiger partial charge in [-0.1, -0.05) is 54.6 Å². The number of rotatable bonds is 8. The summed E-state index contributed by atoms with van der Waals surface area (Å²) in [4.78, 5) is 30.1. The Kier molecular flexibility index (Phi) is 6.62. The van der Waals surface area contributed by atoms with E-state index in [1.165, 1.54) is 0 Å². The largest absolute Gasteiger partial charge is 0.472 e. The van der Waals surface area contributed by atoms with Crippen LogP contribution in [0.15, 0.2) is 95.8 Å². The number of hydrogen-bond acceptors (Lipinski definition) is 5. The number of fused-ring (bicyclic) bond motifs is 1. The van der Waals surface area contributed by atoms with E-state index in [-0.39, 0.29) is 18.3 Å². The summed E-state index contributed by atoms with van der Waals surface area (Å²) in [6.45, 7) is 2.78. The van der Waals surface area contributed by atoms with E-state index in [0.29, 0.717) is 29.7 Å². The quantitative estimate of drug-likeness (QED) is 0.299. The average molecular weight is 480 g/mol. The fourth-order valence-corrected chi connectivity index (χ4v) is 4.07. The van der Waals surface area contributed by atoms with Crippen LogP contribution in [0, 0.1) is 0 Å². The zero-order chi connectivity index (χ0) is 24.9. The van der Waals surface area contributed by atoms with Crippen molar-refractivity contribution in [3.63, 3.8) is 0 Å². The molecule has 5 aromatic rings. The lowest BCUT2D eigenvalue weighted by Gasteiger charge is -2.11. The fraction of sp³-hybridized carbons (Fsp3) is 0.138. The molecular weight excluding hydrogens is 454 g/mol. The van der Waals surface area contributed by atoms with E-state index in [2.05, 4.69) is 34.6 Å². The minimum Gasteiger partial charge on any atom is -0.472 e. The lowest BCUT2D eigenvalue weighted by atomic mass is 10.0. The van der Waals surface area contributed by atoms with Gasteiger partial charge < -0.3 is 19.0 Å². The third-order valence-electron chi connectivity index (χ3n) is 5.90. The van der Waals surface area contributed by atoms with Crippen LogP contribution in [0.1, 0.15) is 39.0 Å². The lowest BCUT2D eigenvalue weighted by molar-refractivity contribution is 0.0526. The van der Waals surface area contributed by atoms with Gasteiger partial charge >= 0.3 is 5.97 Å². The molecule has 0 aliphatic carbocycles. The van der Waals surface area contributed by atoms with Crippen LogP contribution in [0.2, 0.25) is 0 Å².